The first-order valence-corrected chi connectivity index (χ1v) is 8.83. The molecule has 2 N–H and O–H groups in total. The first-order valence-electron chi connectivity index (χ1n) is 8.83. The zero-order chi connectivity index (χ0) is 17.6. The monoisotopic (exact) mass is 338 g/mol. The van der Waals surface area contributed by atoms with E-state index in [-0.39, 0.29) is 0 Å². The molecule has 0 radical (unpaired) electrons. The van der Waals surface area contributed by atoms with Crippen molar-refractivity contribution in [2.45, 2.75) is 38.6 Å². The number of carbonyl (C=O) groups is 1. The lowest BCUT2D eigenvalue weighted by Gasteiger charge is -2.23. The maximum Gasteiger partial charge on any atom is 0.211 e. The highest BCUT2D eigenvalue weighted by atomic mass is 16.1. The highest BCUT2D eigenvalue weighted by Gasteiger charge is 2.25. The molecular weight excluding hydrogens is 312 g/mol. The van der Waals surface area contributed by atoms with Crippen LogP contribution in [0.3, 0.4) is 0 Å². The van der Waals surface area contributed by atoms with E-state index < -0.39 is 0 Å². The minimum Gasteiger partial charge on any atom is -0.329 e. The summed E-state index contributed by atoms with van der Waals surface area (Å²) >= 11 is 0. The number of amides is 1. The van der Waals surface area contributed by atoms with Crippen LogP contribution in [0.5, 0.6) is 0 Å². The van der Waals surface area contributed by atoms with Crippen LogP contribution in [0.4, 0.5) is 5.69 Å². The number of H-pyrrole nitrogens is 1. The Balaban J connectivity index is 0.000000160. The lowest BCUT2D eigenvalue weighted by atomic mass is 9.95. The molecule has 0 unspecified atom stereocenters. The lowest BCUT2D eigenvalue weighted by Crippen LogP contribution is -2.26. The summed E-state index contributed by atoms with van der Waals surface area (Å²) in [6.07, 6.45) is 8.69. The number of anilines is 1. The summed E-state index contributed by atoms with van der Waals surface area (Å²) in [4.78, 5) is 12.4. The molecule has 132 valence electrons. The number of hydrogen-bond donors (Lipinski definition) is 2. The number of aromatic amines is 1. The quantitative estimate of drug-likeness (QED) is 0.666. The van der Waals surface area contributed by atoms with Gasteiger partial charge in [0.2, 0.25) is 6.41 Å². The van der Waals surface area contributed by atoms with E-state index >= 15 is 0 Å². The van der Waals surface area contributed by atoms with Gasteiger partial charge in [0.1, 0.15) is 0 Å². The highest BCUT2D eigenvalue weighted by Crippen LogP contribution is 2.33. The number of aromatic nitrogens is 2. The van der Waals surface area contributed by atoms with E-state index in [4.69, 9.17) is 0 Å². The third-order valence-corrected chi connectivity index (χ3v) is 4.79. The van der Waals surface area contributed by atoms with Crippen LogP contribution in [0.15, 0.2) is 36.4 Å². The number of likely N-dealkylation sites (N-methyl/N-ethyl adjacent to an activating group) is 1. The van der Waals surface area contributed by atoms with Gasteiger partial charge in [-0.25, -0.2) is 0 Å². The number of nitrogens with one attached hydrogen (secondary N) is 2. The molecule has 0 fully saturated rings. The molecule has 0 saturated carbocycles. The Hall–Kier alpha value is -2.40. The Morgan fingerprint density at radius 1 is 1.32 bits per heavy atom. The number of aryl methyl sites for hydroxylation is 1. The number of allylic oxidation sites excluding steroid dienone is 2. The largest absolute Gasteiger partial charge is 0.329 e. The van der Waals surface area contributed by atoms with Crippen LogP contribution in [-0.4, -0.2) is 35.1 Å². The Morgan fingerprint density at radius 3 is 2.84 bits per heavy atom. The summed E-state index contributed by atoms with van der Waals surface area (Å²) in [6.45, 7) is 4.20. The van der Waals surface area contributed by atoms with Crippen molar-refractivity contribution in [3.63, 3.8) is 0 Å². The molecule has 0 spiro atoms. The van der Waals surface area contributed by atoms with Crippen LogP contribution >= 0.6 is 0 Å². The summed E-state index contributed by atoms with van der Waals surface area (Å²) in [5.74, 6) is 0.636. The van der Waals surface area contributed by atoms with Crippen LogP contribution in [0.25, 0.3) is 0 Å². The molecule has 5 nitrogen and oxygen atoms in total. The third-order valence-electron chi connectivity index (χ3n) is 4.79. The molecule has 1 amide bonds. The van der Waals surface area contributed by atoms with Gasteiger partial charge in [0.15, 0.2) is 0 Å². The maximum atomic E-state index is 9.97. The molecule has 25 heavy (non-hydrogen) atoms. The number of fused-ring (bicyclic) bond motifs is 1. The minimum atomic E-state index is 0.636. The Labute approximate surface area is 149 Å². The highest BCUT2D eigenvalue weighted by molar-refractivity contribution is 5.71. The topological polar surface area (TPSA) is 61.0 Å². The van der Waals surface area contributed by atoms with E-state index in [0.29, 0.717) is 12.3 Å². The molecule has 1 aliphatic heterocycles. The second-order valence-electron chi connectivity index (χ2n) is 6.83. The number of benzene rings is 1. The van der Waals surface area contributed by atoms with Crippen LogP contribution in [-0.2, 0) is 17.8 Å². The molecule has 4 rings (SSSR count). The number of hydrogen-bond acceptors (Lipinski definition) is 3. The van der Waals surface area contributed by atoms with Gasteiger partial charge in [-0.2, -0.15) is 5.10 Å². The fraction of sp³-hybridized carbons (Fsp3) is 0.400. The van der Waals surface area contributed by atoms with Gasteiger partial charge in [0.05, 0.1) is 5.69 Å². The van der Waals surface area contributed by atoms with E-state index in [0.717, 1.165) is 30.8 Å². The van der Waals surface area contributed by atoms with Crippen LogP contribution in [0, 0.1) is 6.92 Å². The smallest absolute Gasteiger partial charge is 0.211 e. The zero-order valence-corrected chi connectivity index (χ0v) is 15.0. The molecule has 1 aromatic heterocycles. The van der Waals surface area contributed by atoms with E-state index in [9.17, 15) is 4.79 Å². The average molecular weight is 338 g/mol. The Bertz CT molecular complexity index is 742. The van der Waals surface area contributed by atoms with Crippen molar-refractivity contribution in [1.82, 2.24) is 15.1 Å². The van der Waals surface area contributed by atoms with Gasteiger partial charge >= 0.3 is 0 Å². The summed E-state index contributed by atoms with van der Waals surface area (Å²) in [7, 11) is 2.19. The fourth-order valence-electron chi connectivity index (χ4n) is 3.43. The first-order chi connectivity index (χ1) is 12.2. The fourth-order valence-corrected chi connectivity index (χ4v) is 3.43. The molecular formula is C20H26N4O. The summed E-state index contributed by atoms with van der Waals surface area (Å²) < 4.78 is 0. The molecule has 0 saturated heterocycles. The van der Waals surface area contributed by atoms with Gasteiger partial charge in [-0.3, -0.25) is 9.89 Å². The van der Waals surface area contributed by atoms with Crippen molar-refractivity contribution in [2.75, 3.05) is 18.9 Å². The Kier molecular flexibility index (Phi) is 5.66. The van der Waals surface area contributed by atoms with Crippen molar-refractivity contribution in [3.05, 3.63) is 58.9 Å². The van der Waals surface area contributed by atoms with Gasteiger partial charge in [-0.15, -0.1) is 0 Å². The summed E-state index contributed by atoms with van der Waals surface area (Å²) in [6, 6.07) is 7.65. The maximum absolute atomic E-state index is 9.97. The van der Waals surface area contributed by atoms with Gasteiger partial charge in [-0.05, 0) is 44.5 Å². The van der Waals surface area contributed by atoms with E-state index in [1.54, 1.807) is 0 Å². The predicted octanol–water partition coefficient (Wildman–Crippen LogP) is 3.39. The molecule has 1 aromatic carbocycles. The normalized spacial score (nSPS) is 16.9. The minimum absolute atomic E-state index is 0.636. The van der Waals surface area contributed by atoms with Crippen LogP contribution in [0.2, 0.25) is 0 Å². The lowest BCUT2D eigenvalue weighted by molar-refractivity contribution is -0.105. The van der Waals surface area contributed by atoms with Crippen LogP contribution < -0.4 is 5.32 Å². The second kappa shape index (κ2) is 8.12. The molecule has 2 heterocycles. The second-order valence-corrected chi connectivity index (χ2v) is 6.83. The Morgan fingerprint density at radius 2 is 2.12 bits per heavy atom. The van der Waals surface area contributed by atoms with E-state index in [1.807, 2.05) is 31.2 Å². The standard InChI is InChI=1S/C12H17N3.C8H9NO/c1-15-7-6-11-10(8-15)12(14-13-11)9-4-2-3-5-9;1-7-3-2-4-8(5-7)9-6-10/h2-3,9H,4-8H2,1H3,(H,13,14);2-6H,1H3,(H,9,10). The number of carbonyl (C=O) groups excluding carboxylic acids is 1. The molecule has 2 aromatic rings. The SMILES string of the molecule is CN1CCc2[nH]nc(C3CC=CC3)c2C1.Cc1cccc(NC=O)c1. The molecule has 0 atom stereocenters. The number of nitrogens with zero attached hydrogens (tertiary/aromatic N) is 2. The van der Waals surface area contributed by atoms with Crippen molar-refractivity contribution in [3.8, 4) is 0 Å². The van der Waals surface area contributed by atoms with Crippen molar-refractivity contribution < 1.29 is 4.79 Å². The van der Waals surface area contributed by atoms with Gasteiger partial charge in [0, 0.05) is 42.4 Å². The molecule has 0 bridgehead atoms. The zero-order valence-electron chi connectivity index (χ0n) is 15.0. The first kappa shape index (κ1) is 17.4. The van der Waals surface area contributed by atoms with E-state index in [2.05, 4.69) is 39.6 Å². The van der Waals surface area contributed by atoms with Crippen LogP contribution in [0.1, 0.15) is 41.3 Å². The number of rotatable bonds is 3. The van der Waals surface area contributed by atoms with Gasteiger partial charge in [-0.1, -0.05) is 24.3 Å². The summed E-state index contributed by atoms with van der Waals surface area (Å²) in [5.41, 5.74) is 6.15. The third kappa shape index (κ3) is 4.37. The van der Waals surface area contributed by atoms with Gasteiger partial charge < -0.3 is 10.2 Å². The average Bonchev–Trinajstić information content (AvgIpc) is 3.24. The molecule has 5 heteroatoms. The van der Waals surface area contributed by atoms with Gasteiger partial charge in [0.25, 0.3) is 0 Å². The summed E-state index contributed by atoms with van der Waals surface area (Å²) in [5, 5.41) is 10.3. The van der Waals surface area contributed by atoms with Crippen molar-refractivity contribution >= 4 is 12.1 Å². The van der Waals surface area contributed by atoms with Crippen molar-refractivity contribution in [1.29, 1.82) is 0 Å². The molecule has 1 aliphatic carbocycles. The van der Waals surface area contributed by atoms with E-state index in [1.165, 1.54) is 29.8 Å². The molecule has 2 aliphatic rings. The van der Waals surface area contributed by atoms with Crippen molar-refractivity contribution in [2.24, 2.45) is 0 Å². The predicted molar refractivity (Wildman–Crippen MR) is 101 cm³/mol.